The Labute approximate surface area is 215 Å². The molecule has 0 spiro atoms. The van der Waals surface area contributed by atoms with Crippen LogP contribution in [0, 0.1) is 0 Å². The van der Waals surface area contributed by atoms with E-state index in [0.717, 1.165) is 5.01 Å². The summed E-state index contributed by atoms with van der Waals surface area (Å²) in [6.07, 6.45) is 1.32. The van der Waals surface area contributed by atoms with Crippen LogP contribution in [0.4, 0.5) is 4.79 Å². The fourth-order valence-corrected chi connectivity index (χ4v) is 6.52. The molecule has 1 unspecified atom stereocenters. The first-order chi connectivity index (χ1) is 17.0. The first-order valence-electron chi connectivity index (χ1n) is 11.5. The topological polar surface area (TPSA) is 89.0 Å². The number of carboxylic acid groups (broad SMARTS) is 1. The molecule has 1 aliphatic heterocycles. The van der Waals surface area contributed by atoms with Crippen LogP contribution in [0.1, 0.15) is 41.3 Å². The SMILES string of the molecule is O=C(O)COC1(c2nc(Br)cs2)CCCN(C(=O)OCC2c3ccccc3-c3ccccc32)CC1. The van der Waals surface area contributed by atoms with Crippen LogP contribution in [-0.4, -0.2) is 53.4 Å². The van der Waals surface area contributed by atoms with Crippen molar-refractivity contribution in [2.75, 3.05) is 26.3 Å². The van der Waals surface area contributed by atoms with E-state index in [9.17, 15) is 14.7 Å². The predicted octanol–water partition coefficient (Wildman–Crippen LogP) is 5.64. The molecule has 1 N–H and O–H groups in total. The van der Waals surface area contributed by atoms with Crippen LogP contribution in [0.3, 0.4) is 0 Å². The summed E-state index contributed by atoms with van der Waals surface area (Å²) in [6.45, 7) is 0.764. The third-order valence-corrected chi connectivity index (χ3v) is 8.46. The smallest absolute Gasteiger partial charge is 0.409 e. The van der Waals surface area contributed by atoms with Gasteiger partial charge in [0.05, 0.1) is 0 Å². The highest BCUT2D eigenvalue weighted by Crippen LogP contribution is 2.45. The van der Waals surface area contributed by atoms with E-state index < -0.39 is 18.2 Å². The minimum absolute atomic E-state index is 0.00369. The molecule has 5 rings (SSSR count). The number of carbonyl (C=O) groups excluding carboxylic acids is 1. The van der Waals surface area contributed by atoms with E-state index in [-0.39, 0.29) is 18.6 Å². The summed E-state index contributed by atoms with van der Waals surface area (Å²) >= 11 is 4.81. The van der Waals surface area contributed by atoms with E-state index in [2.05, 4.69) is 45.2 Å². The normalized spacial score (nSPS) is 19.6. The second kappa shape index (κ2) is 10.1. The minimum atomic E-state index is -1.03. The van der Waals surface area contributed by atoms with Gasteiger partial charge in [-0.05, 0) is 51.0 Å². The summed E-state index contributed by atoms with van der Waals surface area (Å²) in [4.78, 5) is 30.5. The molecule has 2 heterocycles. The number of likely N-dealkylation sites (tertiary alicyclic amines) is 1. The zero-order valence-corrected chi connectivity index (χ0v) is 21.4. The molecule has 1 amide bonds. The molecule has 7 nitrogen and oxygen atoms in total. The van der Waals surface area contributed by atoms with E-state index in [4.69, 9.17) is 9.47 Å². The van der Waals surface area contributed by atoms with Gasteiger partial charge >= 0.3 is 12.1 Å². The molecule has 182 valence electrons. The molecule has 2 aliphatic rings. The number of ether oxygens (including phenoxy) is 2. The number of fused-ring (bicyclic) bond motifs is 3. The largest absolute Gasteiger partial charge is 0.480 e. The van der Waals surface area contributed by atoms with E-state index in [1.807, 2.05) is 29.6 Å². The number of hydrogen-bond acceptors (Lipinski definition) is 6. The second-order valence-electron chi connectivity index (χ2n) is 8.80. The fourth-order valence-electron chi connectivity index (χ4n) is 5.06. The zero-order valence-electron chi connectivity index (χ0n) is 19.0. The fraction of sp³-hybridized carbons (Fsp3) is 0.346. The molecule has 35 heavy (non-hydrogen) atoms. The van der Waals surface area contributed by atoms with Gasteiger partial charge in [-0.3, -0.25) is 0 Å². The zero-order chi connectivity index (χ0) is 24.4. The number of thiazole rings is 1. The van der Waals surface area contributed by atoms with Crippen molar-refractivity contribution in [2.45, 2.75) is 30.8 Å². The summed E-state index contributed by atoms with van der Waals surface area (Å²) < 4.78 is 12.4. The first-order valence-corrected chi connectivity index (χ1v) is 13.2. The minimum Gasteiger partial charge on any atom is -0.480 e. The molecule has 1 saturated heterocycles. The molecule has 1 fully saturated rings. The second-order valence-corrected chi connectivity index (χ2v) is 10.5. The van der Waals surface area contributed by atoms with Crippen molar-refractivity contribution in [1.82, 2.24) is 9.88 Å². The number of nitrogens with zero attached hydrogens (tertiary/aromatic N) is 2. The van der Waals surface area contributed by atoms with Crippen LogP contribution < -0.4 is 0 Å². The molecule has 3 aromatic rings. The number of hydrogen-bond donors (Lipinski definition) is 1. The molecular weight excluding hydrogens is 532 g/mol. The standard InChI is InChI=1S/C26H25BrN2O5S/c27-22-16-35-24(28-22)26(34-15-23(30)31)10-5-12-29(13-11-26)25(32)33-14-21-19-8-3-1-6-17(19)18-7-2-4-9-20(18)21/h1-4,6-9,16,21H,5,10-15H2,(H,30,31). The molecule has 0 saturated carbocycles. The van der Waals surface area contributed by atoms with Crippen molar-refractivity contribution in [3.63, 3.8) is 0 Å². The average Bonchev–Trinajstić information content (AvgIpc) is 3.36. The van der Waals surface area contributed by atoms with Crippen LogP contribution in [0.15, 0.2) is 58.5 Å². The van der Waals surface area contributed by atoms with Crippen molar-refractivity contribution in [3.05, 3.63) is 74.6 Å². The van der Waals surface area contributed by atoms with Gasteiger partial charge in [-0.15, -0.1) is 11.3 Å². The van der Waals surface area contributed by atoms with Crippen LogP contribution in [-0.2, 0) is 19.9 Å². The molecule has 0 bridgehead atoms. The molecule has 1 atom stereocenters. The van der Waals surface area contributed by atoms with Crippen LogP contribution in [0.25, 0.3) is 11.1 Å². The van der Waals surface area contributed by atoms with Gasteiger partial charge in [0.25, 0.3) is 0 Å². The molecular formula is C26H25BrN2O5S. The summed E-state index contributed by atoms with van der Waals surface area (Å²) in [5, 5.41) is 11.8. The van der Waals surface area contributed by atoms with Gasteiger partial charge in [-0.2, -0.15) is 0 Å². The maximum absolute atomic E-state index is 13.1. The van der Waals surface area contributed by atoms with E-state index in [1.165, 1.54) is 33.6 Å². The number of aromatic nitrogens is 1. The maximum atomic E-state index is 13.1. The van der Waals surface area contributed by atoms with Gasteiger partial charge in [0, 0.05) is 30.8 Å². The van der Waals surface area contributed by atoms with E-state index in [0.29, 0.717) is 37.0 Å². The molecule has 1 aromatic heterocycles. The number of carboxylic acids is 1. The number of amides is 1. The van der Waals surface area contributed by atoms with Crippen LogP contribution in [0.2, 0.25) is 0 Å². The predicted molar refractivity (Wildman–Crippen MR) is 136 cm³/mol. The van der Waals surface area contributed by atoms with Gasteiger partial charge in [0.1, 0.15) is 28.4 Å². The lowest BCUT2D eigenvalue weighted by Crippen LogP contribution is -2.36. The Morgan fingerprint density at radius 1 is 1.09 bits per heavy atom. The lowest BCUT2D eigenvalue weighted by atomic mass is 9.95. The Bertz CT molecular complexity index is 1200. The monoisotopic (exact) mass is 556 g/mol. The van der Waals surface area contributed by atoms with Crippen LogP contribution in [0.5, 0.6) is 0 Å². The molecule has 1 aliphatic carbocycles. The quantitative estimate of drug-likeness (QED) is 0.422. The van der Waals surface area contributed by atoms with E-state index >= 15 is 0 Å². The van der Waals surface area contributed by atoms with Gasteiger partial charge in [0.2, 0.25) is 0 Å². The molecule has 9 heteroatoms. The lowest BCUT2D eigenvalue weighted by Gasteiger charge is -2.30. The molecule has 2 aromatic carbocycles. The van der Waals surface area contributed by atoms with Crippen molar-refractivity contribution in [1.29, 1.82) is 0 Å². The highest BCUT2D eigenvalue weighted by atomic mass is 79.9. The number of rotatable bonds is 6. The van der Waals surface area contributed by atoms with Crippen molar-refractivity contribution >= 4 is 39.3 Å². The van der Waals surface area contributed by atoms with Gasteiger partial charge < -0.3 is 19.5 Å². The summed E-state index contributed by atoms with van der Waals surface area (Å²) in [5.74, 6) is -1.03. The van der Waals surface area contributed by atoms with Crippen molar-refractivity contribution < 1.29 is 24.2 Å². The Balaban J connectivity index is 1.28. The lowest BCUT2D eigenvalue weighted by molar-refractivity contribution is -0.151. The van der Waals surface area contributed by atoms with Crippen molar-refractivity contribution in [2.24, 2.45) is 0 Å². The number of halogens is 1. The Morgan fingerprint density at radius 3 is 2.40 bits per heavy atom. The maximum Gasteiger partial charge on any atom is 0.409 e. The third-order valence-electron chi connectivity index (χ3n) is 6.73. The number of carbonyl (C=O) groups is 2. The van der Waals surface area contributed by atoms with Gasteiger partial charge in [-0.25, -0.2) is 14.6 Å². The van der Waals surface area contributed by atoms with Gasteiger partial charge in [-0.1, -0.05) is 48.5 Å². The van der Waals surface area contributed by atoms with Gasteiger partial charge in [0.15, 0.2) is 0 Å². The Hall–Kier alpha value is -2.75. The highest BCUT2D eigenvalue weighted by molar-refractivity contribution is 9.10. The number of benzene rings is 2. The summed E-state index contributed by atoms with van der Waals surface area (Å²) in [7, 11) is 0. The number of aliphatic carboxylic acids is 1. The highest BCUT2D eigenvalue weighted by Gasteiger charge is 2.40. The first kappa shape index (κ1) is 24.0. The third kappa shape index (κ3) is 4.85. The molecule has 0 radical (unpaired) electrons. The summed E-state index contributed by atoms with van der Waals surface area (Å²) in [6, 6.07) is 16.5. The average molecular weight is 557 g/mol. The summed E-state index contributed by atoms with van der Waals surface area (Å²) in [5.41, 5.74) is 3.89. The Kier molecular flexibility index (Phi) is 6.91. The van der Waals surface area contributed by atoms with Crippen molar-refractivity contribution in [3.8, 4) is 11.1 Å². The van der Waals surface area contributed by atoms with Crippen LogP contribution >= 0.6 is 27.3 Å². The Morgan fingerprint density at radius 2 is 1.77 bits per heavy atom. The van der Waals surface area contributed by atoms with E-state index in [1.54, 1.807) is 4.90 Å².